The summed E-state index contributed by atoms with van der Waals surface area (Å²) in [5.41, 5.74) is 2.94. The van der Waals surface area contributed by atoms with Gasteiger partial charge in [-0.3, -0.25) is 14.5 Å². The van der Waals surface area contributed by atoms with Gasteiger partial charge in [-0.1, -0.05) is 0 Å². The van der Waals surface area contributed by atoms with Crippen molar-refractivity contribution in [1.82, 2.24) is 29.5 Å². The Morgan fingerprint density at radius 3 is 2.58 bits per heavy atom. The Morgan fingerprint density at radius 2 is 1.77 bits per heavy atom. The molecule has 2 aromatic rings. The molecule has 2 aromatic heterocycles. The highest BCUT2D eigenvalue weighted by molar-refractivity contribution is 5.29. The quantitative estimate of drug-likeness (QED) is 0.818. The summed E-state index contributed by atoms with van der Waals surface area (Å²) >= 11 is 0. The molecular weight excluding hydrogens is 326 g/mol. The fraction of sp³-hybridized carbons (Fsp3) is 0.632. The molecule has 3 aliphatic heterocycles. The Bertz CT molecular complexity index is 730. The molecule has 5 heterocycles. The van der Waals surface area contributed by atoms with E-state index in [0.717, 1.165) is 45.2 Å². The SMILES string of the molecule is c1cnc(N2CCN(C3CN(Cc4cnn5c4CCCC5)C3)CC2)nc1. The average Bonchev–Trinajstić information content (AvgIpc) is 3.08. The Labute approximate surface area is 154 Å². The molecule has 2 saturated heterocycles. The minimum atomic E-state index is 0.709. The summed E-state index contributed by atoms with van der Waals surface area (Å²) in [4.78, 5) is 16.3. The van der Waals surface area contributed by atoms with Crippen LogP contribution in [0.3, 0.4) is 0 Å². The zero-order valence-corrected chi connectivity index (χ0v) is 15.3. The van der Waals surface area contributed by atoms with Crippen LogP contribution in [0.15, 0.2) is 24.7 Å². The van der Waals surface area contributed by atoms with Crippen molar-refractivity contribution in [2.24, 2.45) is 0 Å². The number of anilines is 1. The third-order valence-corrected chi connectivity index (χ3v) is 6.07. The summed E-state index contributed by atoms with van der Waals surface area (Å²) in [5, 5.41) is 4.58. The molecule has 5 rings (SSSR count). The van der Waals surface area contributed by atoms with Crippen molar-refractivity contribution in [3.8, 4) is 0 Å². The van der Waals surface area contributed by atoms with Gasteiger partial charge in [0.15, 0.2) is 0 Å². The van der Waals surface area contributed by atoms with Crippen LogP contribution in [0.1, 0.15) is 24.1 Å². The molecular formula is C19H27N7. The number of nitrogens with zero attached hydrogens (tertiary/aromatic N) is 7. The van der Waals surface area contributed by atoms with E-state index < -0.39 is 0 Å². The first-order valence-corrected chi connectivity index (χ1v) is 9.89. The number of aromatic nitrogens is 4. The molecule has 138 valence electrons. The summed E-state index contributed by atoms with van der Waals surface area (Å²) < 4.78 is 2.22. The molecule has 0 aliphatic carbocycles. The predicted octanol–water partition coefficient (Wildman–Crippen LogP) is 1.02. The molecule has 26 heavy (non-hydrogen) atoms. The van der Waals surface area contributed by atoms with E-state index in [1.165, 1.54) is 43.6 Å². The fourth-order valence-electron chi connectivity index (χ4n) is 4.50. The summed E-state index contributed by atoms with van der Waals surface area (Å²) in [6, 6.07) is 2.58. The standard InChI is InChI=1S/C19H27N7/c1-2-7-26-18(4-1)16(12-22-26)13-23-14-17(15-23)24-8-10-25(11-9-24)19-20-5-3-6-21-19/h3,5-6,12,17H,1-2,4,7-11,13-15H2. The maximum absolute atomic E-state index is 4.58. The van der Waals surface area contributed by atoms with Crippen molar-refractivity contribution >= 4 is 5.95 Å². The van der Waals surface area contributed by atoms with Crippen LogP contribution >= 0.6 is 0 Å². The molecule has 0 bridgehead atoms. The van der Waals surface area contributed by atoms with E-state index in [1.807, 2.05) is 18.5 Å². The van der Waals surface area contributed by atoms with Crippen LogP contribution in [0.2, 0.25) is 0 Å². The highest BCUT2D eigenvalue weighted by Gasteiger charge is 2.34. The van der Waals surface area contributed by atoms with E-state index in [9.17, 15) is 0 Å². The zero-order chi connectivity index (χ0) is 17.3. The Balaban J connectivity index is 1.11. The summed E-state index contributed by atoms with van der Waals surface area (Å²) in [5.74, 6) is 0.869. The molecule has 3 aliphatic rings. The van der Waals surface area contributed by atoms with Gasteiger partial charge in [0.05, 0.1) is 6.20 Å². The Morgan fingerprint density at radius 1 is 0.962 bits per heavy atom. The first-order valence-electron chi connectivity index (χ1n) is 9.89. The number of aryl methyl sites for hydroxylation is 1. The average molecular weight is 353 g/mol. The summed E-state index contributed by atoms with van der Waals surface area (Å²) in [6.07, 6.45) is 9.56. The van der Waals surface area contributed by atoms with Crippen LogP contribution in [0.5, 0.6) is 0 Å². The van der Waals surface area contributed by atoms with Crippen LogP contribution < -0.4 is 4.90 Å². The molecule has 0 unspecified atom stereocenters. The minimum absolute atomic E-state index is 0.709. The largest absolute Gasteiger partial charge is 0.338 e. The molecule has 0 saturated carbocycles. The molecule has 0 atom stereocenters. The normalized spacial score (nSPS) is 22.2. The third kappa shape index (κ3) is 3.10. The maximum Gasteiger partial charge on any atom is 0.225 e. The van der Waals surface area contributed by atoms with Gasteiger partial charge in [0.1, 0.15) is 0 Å². The van der Waals surface area contributed by atoms with Crippen molar-refractivity contribution in [2.75, 3.05) is 44.2 Å². The zero-order valence-electron chi connectivity index (χ0n) is 15.3. The van der Waals surface area contributed by atoms with E-state index >= 15 is 0 Å². The molecule has 2 fully saturated rings. The van der Waals surface area contributed by atoms with Gasteiger partial charge in [0, 0.05) is 82.1 Å². The predicted molar refractivity (Wildman–Crippen MR) is 100 cm³/mol. The topological polar surface area (TPSA) is 53.3 Å². The number of hydrogen-bond acceptors (Lipinski definition) is 6. The van der Waals surface area contributed by atoms with Crippen LogP contribution in [0, 0.1) is 0 Å². The molecule has 7 heteroatoms. The molecule has 7 nitrogen and oxygen atoms in total. The molecule has 0 radical (unpaired) electrons. The summed E-state index contributed by atoms with van der Waals surface area (Å²) in [6.45, 7) is 8.82. The lowest BCUT2D eigenvalue weighted by Gasteiger charge is -2.48. The highest BCUT2D eigenvalue weighted by atomic mass is 15.4. The van der Waals surface area contributed by atoms with Crippen molar-refractivity contribution in [1.29, 1.82) is 0 Å². The number of piperazine rings is 1. The monoisotopic (exact) mass is 353 g/mol. The van der Waals surface area contributed by atoms with Gasteiger partial charge >= 0.3 is 0 Å². The van der Waals surface area contributed by atoms with E-state index in [-0.39, 0.29) is 0 Å². The number of rotatable bonds is 4. The van der Waals surface area contributed by atoms with Gasteiger partial charge in [-0.05, 0) is 25.3 Å². The Hall–Kier alpha value is -1.99. The second kappa shape index (κ2) is 6.96. The fourth-order valence-corrected chi connectivity index (χ4v) is 4.50. The lowest BCUT2D eigenvalue weighted by Crippen LogP contribution is -2.62. The van der Waals surface area contributed by atoms with Crippen LogP contribution in [0.25, 0.3) is 0 Å². The van der Waals surface area contributed by atoms with E-state index in [1.54, 1.807) is 0 Å². The molecule has 0 aromatic carbocycles. The number of likely N-dealkylation sites (tertiary alicyclic amines) is 1. The van der Waals surface area contributed by atoms with Crippen molar-refractivity contribution in [3.63, 3.8) is 0 Å². The molecule has 0 amide bonds. The smallest absolute Gasteiger partial charge is 0.225 e. The summed E-state index contributed by atoms with van der Waals surface area (Å²) in [7, 11) is 0. The first-order chi connectivity index (χ1) is 12.9. The first kappa shape index (κ1) is 16.2. The van der Waals surface area contributed by atoms with Gasteiger partial charge in [0.25, 0.3) is 0 Å². The van der Waals surface area contributed by atoms with Crippen molar-refractivity contribution in [3.05, 3.63) is 35.9 Å². The van der Waals surface area contributed by atoms with Crippen LogP contribution in [0.4, 0.5) is 5.95 Å². The second-order valence-corrected chi connectivity index (χ2v) is 7.72. The van der Waals surface area contributed by atoms with Gasteiger partial charge in [-0.15, -0.1) is 0 Å². The second-order valence-electron chi connectivity index (χ2n) is 7.72. The Kier molecular flexibility index (Phi) is 4.34. The number of fused-ring (bicyclic) bond motifs is 1. The minimum Gasteiger partial charge on any atom is -0.338 e. The molecule has 0 spiro atoms. The highest BCUT2D eigenvalue weighted by Crippen LogP contribution is 2.24. The van der Waals surface area contributed by atoms with Crippen LogP contribution in [-0.4, -0.2) is 74.9 Å². The molecule has 0 N–H and O–H groups in total. The van der Waals surface area contributed by atoms with Gasteiger partial charge < -0.3 is 4.90 Å². The number of hydrogen-bond donors (Lipinski definition) is 0. The van der Waals surface area contributed by atoms with Crippen LogP contribution in [-0.2, 0) is 19.5 Å². The van der Waals surface area contributed by atoms with Gasteiger partial charge in [-0.25, -0.2) is 9.97 Å². The van der Waals surface area contributed by atoms with E-state index in [4.69, 9.17) is 0 Å². The van der Waals surface area contributed by atoms with E-state index in [2.05, 4.69) is 40.6 Å². The van der Waals surface area contributed by atoms with Gasteiger partial charge in [0.2, 0.25) is 5.95 Å². The van der Waals surface area contributed by atoms with Crippen molar-refractivity contribution < 1.29 is 0 Å². The lowest BCUT2D eigenvalue weighted by atomic mass is 10.0. The lowest BCUT2D eigenvalue weighted by molar-refractivity contribution is 0.0253. The van der Waals surface area contributed by atoms with E-state index in [0.29, 0.717) is 6.04 Å². The van der Waals surface area contributed by atoms with Gasteiger partial charge in [-0.2, -0.15) is 5.10 Å². The third-order valence-electron chi connectivity index (χ3n) is 6.07. The maximum atomic E-state index is 4.58. The van der Waals surface area contributed by atoms with Crippen molar-refractivity contribution in [2.45, 2.75) is 38.4 Å².